The third-order valence-electron chi connectivity index (χ3n) is 1.21. The van der Waals surface area contributed by atoms with Crippen LogP contribution in [-0.4, -0.2) is 18.0 Å². The van der Waals surface area contributed by atoms with Crippen LogP contribution in [0.4, 0.5) is 0 Å². The van der Waals surface area contributed by atoms with E-state index in [0.717, 1.165) is 5.69 Å². The van der Waals surface area contributed by atoms with E-state index in [2.05, 4.69) is 24.0 Å². The van der Waals surface area contributed by atoms with Crippen molar-refractivity contribution in [1.29, 1.82) is 0 Å². The third kappa shape index (κ3) is 3.26. The van der Waals surface area contributed by atoms with E-state index >= 15 is 0 Å². The van der Waals surface area contributed by atoms with Crippen LogP contribution in [0.15, 0.2) is 6.07 Å². The number of hydrogen-bond donors (Lipinski definition) is 1. The van der Waals surface area contributed by atoms with Gasteiger partial charge in [0.2, 0.25) is 0 Å². The van der Waals surface area contributed by atoms with E-state index in [1.807, 2.05) is 19.9 Å². The van der Waals surface area contributed by atoms with Gasteiger partial charge in [-0.1, -0.05) is 27.7 Å². The van der Waals surface area contributed by atoms with Gasteiger partial charge in [0.1, 0.15) is 7.85 Å². The fourth-order valence-corrected chi connectivity index (χ4v) is 0.649. The maximum atomic E-state index is 5.40. The molecule has 0 atom stereocenters. The molecule has 0 saturated heterocycles. The Labute approximate surface area is 71.3 Å². The van der Waals surface area contributed by atoms with Crippen molar-refractivity contribution >= 4 is 13.4 Å². The number of H-pyrrole nitrogens is 1. The zero-order valence-corrected chi connectivity index (χ0v) is 7.68. The SMILES string of the molecule is CC.[B]c1cc(C(C)C)n[nH]1.[HH]. The molecular formula is C8H17BN2. The van der Waals surface area contributed by atoms with E-state index in [0.29, 0.717) is 11.5 Å². The van der Waals surface area contributed by atoms with Gasteiger partial charge in [0.15, 0.2) is 0 Å². The van der Waals surface area contributed by atoms with Crippen LogP contribution >= 0.6 is 0 Å². The Bertz CT molecular complexity index is 199. The van der Waals surface area contributed by atoms with Crippen molar-refractivity contribution in [3.8, 4) is 0 Å². The first-order valence-electron chi connectivity index (χ1n) is 4.01. The number of nitrogens with zero attached hydrogens (tertiary/aromatic N) is 1. The summed E-state index contributed by atoms with van der Waals surface area (Å²) in [6, 6.07) is 1.85. The maximum absolute atomic E-state index is 5.40. The topological polar surface area (TPSA) is 28.7 Å². The normalized spacial score (nSPS) is 9.18. The van der Waals surface area contributed by atoms with Crippen LogP contribution in [0, 0.1) is 0 Å². The van der Waals surface area contributed by atoms with Crippen molar-refractivity contribution in [3.05, 3.63) is 11.8 Å². The first kappa shape index (κ1) is 10.3. The molecule has 0 bridgehead atoms. The van der Waals surface area contributed by atoms with Crippen molar-refractivity contribution < 1.29 is 1.43 Å². The first-order valence-corrected chi connectivity index (χ1v) is 4.01. The molecule has 2 radical (unpaired) electrons. The van der Waals surface area contributed by atoms with E-state index in [1.165, 1.54) is 0 Å². The Hall–Kier alpha value is -0.725. The predicted octanol–water partition coefficient (Wildman–Crippen LogP) is 1.60. The van der Waals surface area contributed by atoms with E-state index < -0.39 is 0 Å². The van der Waals surface area contributed by atoms with Gasteiger partial charge in [-0.15, -0.1) is 0 Å². The van der Waals surface area contributed by atoms with Crippen molar-refractivity contribution in [2.45, 2.75) is 33.6 Å². The van der Waals surface area contributed by atoms with Gasteiger partial charge in [-0.05, 0) is 17.6 Å². The lowest BCUT2D eigenvalue weighted by atomic mass is 10.0. The Morgan fingerprint density at radius 1 is 1.55 bits per heavy atom. The Morgan fingerprint density at radius 2 is 2.09 bits per heavy atom. The van der Waals surface area contributed by atoms with Crippen molar-refractivity contribution in [3.63, 3.8) is 0 Å². The first-order chi connectivity index (χ1) is 5.20. The second kappa shape index (κ2) is 5.00. The fourth-order valence-electron chi connectivity index (χ4n) is 0.649. The maximum Gasteiger partial charge on any atom is 0.140 e. The van der Waals surface area contributed by atoms with Crippen LogP contribution in [-0.2, 0) is 0 Å². The molecule has 11 heavy (non-hydrogen) atoms. The molecule has 2 nitrogen and oxygen atoms in total. The monoisotopic (exact) mass is 152 g/mol. The Morgan fingerprint density at radius 3 is 2.27 bits per heavy atom. The standard InChI is InChI=1S/C6H9BN2.C2H6.H2/c1-4(2)5-3-6(7)9-8-5;1-2;/h3-4H,1-2H3,(H,8,9);1-2H3;1H. The molecule has 1 rings (SSSR count). The van der Waals surface area contributed by atoms with Crippen LogP contribution < -0.4 is 5.59 Å². The molecular weight excluding hydrogens is 135 g/mol. The molecule has 0 aromatic carbocycles. The highest BCUT2D eigenvalue weighted by Crippen LogP contribution is 2.06. The summed E-state index contributed by atoms with van der Waals surface area (Å²) in [5, 5.41) is 6.64. The average molecular weight is 152 g/mol. The van der Waals surface area contributed by atoms with E-state index in [4.69, 9.17) is 7.85 Å². The van der Waals surface area contributed by atoms with Crippen LogP contribution in [0.3, 0.4) is 0 Å². The quantitative estimate of drug-likeness (QED) is 0.608. The largest absolute Gasteiger partial charge is 0.293 e. The van der Waals surface area contributed by atoms with Gasteiger partial charge in [-0.2, -0.15) is 5.10 Å². The molecule has 1 aromatic heterocycles. The van der Waals surface area contributed by atoms with Gasteiger partial charge in [0.05, 0.1) is 5.69 Å². The summed E-state index contributed by atoms with van der Waals surface area (Å²) >= 11 is 0. The zero-order chi connectivity index (χ0) is 8.85. The Balaban J connectivity index is 0. The summed E-state index contributed by atoms with van der Waals surface area (Å²) in [5.41, 5.74) is 1.66. The lowest BCUT2D eigenvalue weighted by Gasteiger charge is -1.94. The summed E-state index contributed by atoms with van der Waals surface area (Å²) in [6.07, 6.45) is 0. The summed E-state index contributed by atoms with van der Waals surface area (Å²) in [7, 11) is 5.40. The highest BCUT2D eigenvalue weighted by atomic mass is 15.1. The third-order valence-corrected chi connectivity index (χ3v) is 1.21. The number of nitrogens with one attached hydrogen (secondary N) is 1. The van der Waals surface area contributed by atoms with E-state index in [9.17, 15) is 0 Å². The molecule has 3 heteroatoms. The summed E-state index contributed by atoms with van der Waals surface area (Å²) in [4.78, 5) is 0. The molecule has 0 aliphatic rings. The molecule has 62 valence electrons. The number of aromatic amines is 1. The highest BCUT2D eigenvalue weighted by Gasteiger charge is 2.00. The van der Waals surface area contributed by atoms with Gasteiger partial charge < -0.3 is 0 Å². The van der Waals surface area contributed by atoms with E-state index in [1.54, 1.807) is 0 Å². The lowest BCUT2D eigenvalue weighted by molar-refractivity contribution is 0.811. The van der Waals surface area contributed by atoms with Gasteiger partial charge in [0, 0.05) is 1.43 Å². The molecule has 1 heterocycles. The second-order valence-corrected chi connectivity index (χ2v) is 2.40. The zero-order valence-electron chi connectivity index (χ0n) is 7.68. The summed E-state index contributed by atoms with van der Waals surface area (Å²) < 4.78 is 0. The van der Waals surface area contributed by atoms with Gasteiger partial charge in [0.25, 0.3) is 0 Å². The lowest BCUT2D eigenvalue weighted by Crippen LogP contribution is -2.00. The van der Waals surface area contributed by atoms with Crippen molar-refractivity contribution in [1.82, 2.24) is 10.2 Å². The van der Waals surface area contributed by atoms with Crippen molar-refractivity contribution in [2.75, 3.05) is 0 Å². The number of aromatic nitrogens is 2. The van der Waals surface area contributed by atoms with Gasteiger partial charge >= 0.3 is 0 Å². The molecule has 0 spiro atoms. The van der Waals surface area contributed by atoms with Gasteiger partial charge in [-0.25, -0.2) is 0 Å². The molecule has 1 aromatic rings. The van der Waals surface area contributed by atoms with Crippen LogP contribution in [0.1, 0.15) is 40.7 Å². The van der Waals surface area contributed by atoms with Crippen molar-refractivity contribution in [2.24, 2.45) is 0 Å². The highest BCUT2D eigenvalue weighted by molar-refractivity contribution is 6.30. The molecule has 0 unspecified atom stereocenters. The molecule has 0 amide bonds. The van der Waals surface area contributed by atoms with Crippen LogP contribution in [0.5, 0.6) is 0 Å². The molecule has 0 aliphatic heterocycles. The average Bonchev–Trinajstić information content (AvgIpc) is 2.40. The minimum atomic E-state index is 0. The minimum absolute atomic E-state index is 0. The molecule has 0 saturated carbocycles. The summed E-state index contributed by atoms with van der Waals surface area (Å²) in [5.74, 6) is 0.457. The predicted molar refractivity (Wildman–Crippen MR) is 51.5 cm³/mol. The fraction of sp³-hybridized carbons (Fsp3) is 0.625. The molecule has 1 N–H and O–H groups in total. The van der Waals surface area contributed by atoms with E-state index in [-0.39, 0.29) is 1.43 Å². The summed E-state index contributed by atoms with van der Waals surface area (Å²) in [6.45, 7) is 8.16. The van der Waals surface area contributed by atoms with Gasteiger partial charge in [-0.3, -0.25) is 5.10 Å². The molecule has 0 fully saturated rings. The van der Waals surface area contributed by atoms with Crippen LogP contribution in [0.25, 0.3) is 0 Å². The molecule has 0 aliphatic carbocycles. The van der Waals surface area contributed by atoms with Crippen LogP contribution in [0.2, 0.25) is 0 Å². The second-order valence-electron chi connectivity index (χ2n) is 2.40. The minimum Gasteiger partial charge on any atom is -0.293 e. The number of rotatable bonds is 1. The smallest absolute Gasteiger partial charge is 0.140 e. The number of hydrogen-bond acceptors (Lipinski definition) is 1. The Kier molecular flexibility index (Phi) is 4.67.